The van der Waals surface area contributed by atoms with Gasteiger partial charge in [0.25, 0.3) is 10.1 Å². The number of thiocarbonyl (C=S) groups is 1. The van der Waals surface area contributed by atoms with Crippen molar-refractivity contribution in [3.63, 3.8) is 0 Å². The minimum Gasteiger partial charge on any atom is -1.00 e. The SMILES string of the molecule is CC(=NNC(=S)Nc1ccc(S(=O)(=O)O)cc1)c1csc(-c2ccc(Cl)c(Cl)c2)c1O.[H-].[K+]. The number of aromatic hydroxyl groups is 1. The molecule has 0 saturated heterocycles. The molecule has 0 aliphatic rings. The van der Waals surface area contributed by atoms with Gasteiger partial charge in [-0.05, 0) is 61.1 Å². The second kappa shape index (κ2) is 11.7. The predicted octanol–water partition coefficient (Wildman–Crippen LogP) is 2.50. The number of nitrogens with one attached hydrogen (secondary N) is 2. The molecule has 3 aromatic rings. The molecule has 1 heterocycles. The van der Waals surface area contributed by atoms with Crippen LogP contribution in [0.4, 0.5) is 5.69 Å². The smallest absolute Gasteiger partial charge is 1.00 e. The van der Waals surface area contributed by atoms with Crippen LogP contribution in [0, 0.1) is 0 Å². The number of nitrogens with zero attached hydrogens (tertiary/aromatic N) is 1. The van der Waals surface area contributed by atoms with Crippen molar-refractivity contribution < 1.29 is 70.9 Å². The monoisotopic (exact) mass is 555 g/mol. The van der Waals surface area contributed by atoms with Crippen molar-refractivity contribution in [2.75, 3.05) is 5.32 Å². The van der Waals surface area contributed by atoms with Crippen LogP contribution in [0.25, 0.3) is 10.4 Å². The standard InChI is InChI=1S/C19H15Cl2N3O4S3.K.H/c1-10(14-9-30-18(17(14)25)11-2-7-15(20)16(21)8-11)23-24-19(29)22-12-3-5-13(6-4-12)31(26,27)28;;/h2-9,25H,1H3,(H2,22,24,29)(H,26,27,28);;/q;+1;-1. The molecule has 0 fully saturated rings. The Morgan fingerprint density at radius 1 is 1.16 bits per heavy atom. The maximum Gasteiger partial charge on any atom is 1.00 e. The molecule has 0 spiro atoms. The number of rotatable bonds is 5. The molecule has 0 bridgehead atoms. The summed E-state index contributed by atoms with van der Waals surface area (Å²) in [5, 5.41) is 20.4. The van der Waals surface area contributed by atoms with E-state index in [9.17, 15) is 13.5 Å². The summed E-state index contributed by atoms with van der Waals surface area (Å²) in [6.07, 6.45) is 0. The third kappa shape index (κ3) is 6.97. The van der Waals surface area contributed by atoms with E-state index in [0.717, 1.165) is 5.56 Å². The fraction of sp³-hybridized carbons (Fsp3) is 0.0526. The summed E-state index contributed by atoms with van der Waals surface area (Å²) in [6, 6.07) is 10.5. The Labute approximate surface area is 248 Å². The molecule has 0 aliphatic carbocycles. The van der Waals surface area contributed by atoms with Gasteiger partial charge in [-0.15, -0.1) is 11.3 Å². The second-order valence-electron chi connectivity index (χ2n) is 6.22. The van der Waals surface area contributed by atoms with Gasteiger partial charge in [0.05, 0.1) is 31.1 Å². The van der Waals surface area contributed by atoms with Crippen LogP contribution in [0.2, 0.25) is 10.0 Å². The van der Waals surface area contributed by atoms with Crippen molar-refractivity contribution in [3.8, 4) is 16.2 Å². The van der Waals surface area contributed by atoms with Gasteiger partial charge < -0.3 is 11.8 Å². The van der Waals surface area contributed by atoms with E-state index in [4.69, 9.17) is 40.0 Å². The first-order valence-corrected chi connectivity index (χ1v) is 12.0. The van der Waals surface area contributed by atoms with E-state index in [-0.39, 0.29) is 68.6 Å². The van der Waals surface area contributed by atoms with Crippen LogP contribution in [-0.4, -0.2) is 28.9 Å². The van der Waals surface area contributed by atoms with E-state index in [0.29, 0.717) is 31.9 Å². The number of benzene rings is 2. The largest absolute Gasteiger partial charge is 1.00 e. The molecule has 0 amide bonds. The van der Waals surface area contributed by atoms with Crippen molar-refractivity contribution in [2.45, 2.75) is 11.8 Å². The van der Waals surface area contributed by atoms with Crippen LogP contribution in [0.5, 0.6) is 5.75 Å². The van der Waals surface area contributed by atoms with Crippen molar-refractivity contribution in [1.29, 1.82) is 0 Å². The number of hydrazone groups is 1. The van der Waals surface area contributed by atoms with Gasteiger partial charge in [0.2, 0.25) is 0 Å². The number of thiophene rings is 1. The Balaban J connectivity index is 0.00000272. The van der Waals surface area contributed by atoms with Gasteiger partial charge in [-0.2, -0.15) is 13.5 Å². The van der Waals surface area contributed by atoms with Gasteiger partial charge in [0.1, 0.15) is 5.75 Å². The normalized spacial score (nSPS) is 11.6. The number of halogens is 2. The van der Waals surface area contributed by atoms with Crippen LogP contribution in [-0.2, 0) is 10.1 Å². The zero-order chi connectivity index (χ0) is 22.8. The quantitative estimate of drug-likeness (QED) is 0.126. The molecule has 4 N–H and O–H groups in total. The molecule has 3 rings (SSSR count). The van der Waals surface area contributed by atoms with E-state index < -0.39 is 10.1 Å². The first-order valence-electron chi connectivity index (χ1n) is 8.51. The zero-order valence-corrected chi connectivity index (χ0v) is 23.8. The Morgan fingerprint density at radius 2 is 1.81 bits per heavy atom. The Morgan fingerprint density at radius 3 is 2.41 bits per heavy atom. The molecule has 13 heteroatoms. The maximum absolute atomic E-state index is 11.1. The molecule has 0 unspecified atom stereocenters. The van der Waals surface area contributed by atoms with E-state index in [1.807, 2.05) is 0 Å². The van der Waals surface area contributed by atoms with Gasteiger partial charge in [-0.1, -0.05) is 29.3 Å². The molecular formula is C19H16Cl2KN3O4S3. The molecule has 7 nitrogen and oxygen atoms in total. The van der Waals surface area contributed by atoms with E-state index in [1.165, 1.54) is 35.6 Å². The average molecular weight is 557 g/mol. The van der Waals surface area contributed by atoms with E-state index >= 15 is 0 Å². The Kier molecular flexibility index (Phi) is 10.1. The number of anilines is 1. The summed E-state index contributed by atoms with van der Waals surface area (Å²) in [4.78, 5) is 0.402. The molecule has 0 saturated carbocycles. The van der Waals surface area contributed by atoms with Crippen LogP contribution in [0.15, 0.2) is 57.8 Å². The molecule has 32 heavy (non-hydrogen) atoms. The first kappa shape index (κ1) is 27.7. The van der Waals surface area contributed by atoms with Crippen molar-refractivity contribution in [3.05, 3.63) is 63.5 Å². The van der Waals surface area contributed by atoms with Gasteiger partial charge >= 0.3 is 51.4 Å². The summed E-state index contributed by atoms with van der Waals surface area (Å²) in [6.45, 7) is 1.71. The van der Waals surface area contributed by atoms with Crippen LogP contribution < -0.4 is 62.1 Å². The summed E-state index contributed by atoms with van der Waals surface area (Å²) in [5.41, 5.74) is 4.91. The zero-order valence-electron chi connectivity index (χ0n) is 17.8. The topological polar surface area (TPSA) is 111 Å². The van der Waals surface area contributed by atoms with Crippen LogP contribution >= 0.6 is 46.8 Å². The third-order valence-electron chi connectivity index (χ3n) is 4.07. The maximum atomic E-state index is 11.1. The van der Waals surface area contributed by atoms with Crippen molar-refractivity contribution in [1.82, 2.24) is 5.43 Å². The molecule has 2 aromatic carbocycles. The summed E-state index contributed by atoms with van der Waals surface area (Å²) < 4.78 is 31.2. The van der Waals surface area contributed by atoms with Gasteiger partial charge in [-0.25, -0.2) is 0 Å². The summed E-state index contributed by atoms with van der Waals surface area (Å²) in [5.74, 6) is 0.0612. The summed E-state index contributed by atoms with van der Waals surface area (Å²) in [7, 11) is -4.26. The molecular weight excluding hydrogens is 540 g/mol. The van der Waals surface area contributed by atoms with Gasteiger partial charge in [0.15, 0.2) is 5.11 Å². The van der Waals surface area contributed by atoms with Crippen LogP contribution in [0.3, 0.4) is 0 Å². The Hall–Kier alpha value is -0.574. The number of hydrogen-bond donors (Lipinski definition) is 4. The molecule has 0 radical (unpaired) electrons. The van der Waals surface area contributed by atoms with Gasteiger partial charge in [-0.3, -0.25) is 9.98 Å². The van der Waals surface area contributed by atoms with Crippen molar-refractivity contribution >= 4 is 73.4 Å². The molecule has 1 aromatic heterocycles. The third-order valence-corrected chi connectivity index (χ3v) is 6.89. The number of hydrogen-bond acceptors (Lipinski definition) is 6. The Bertz CT molecular complexity index is 1290. The minimum atomic E-state index is -4.26. The molecule has 0 atom stereocenters. The van der Waals surface area contributed by atoms with Crippen molar-refractivity contribution in [2.24, 2.45) is 5.10 Å². The summed E-state index contributed by atoms with van der Waals surface area (Å²) >= 11 is 18.5. The fourth-order valence-corrected chi connectivity index (χ4v) is 4.46. The predicted molar refractivity (Wildman–Crippen MR) is 130 cm³/mol. The fourth-order valence-electron chi connectivity index (χ4n) is 2.51. The van der Waals surface area contributed by atoms with E-state index in [1.54, 1.807) is 30.5 Å². The van der Waals surface area contributed by atoms with E-state index in [2.05, 4.69) is 15.8 Å². The second-order valence-corrected chi connectivity index (χ2v) is 9.74. The van der Waals surface area contributed by atoms with Gasteiger partial charge in [0, 0.05) is 11.1 Å². The molecule has 164 valence electrons. The van der Waals surface area contributed by atoms with Crippen LogP contribution in [0.1, 0.15) is 13.9 Å². The molecule has 0 aliphatic heterocycles. The average Bonchev–Trinajstić information content (AvgIpc) is 3.09. The minimum absolute atomic E-state index is 0. The first-order chi connectivity index (χ1) is 14.6.